The lowest BCUT2D eigenvalue weighted by Gasteiger charge is -2.07. The Hall–Kier alpha value is -1.58. The summed E-state index contributed by atoms with van der Waals surface area (Å²) in [5, 5.41) is 8.58. The molecule has 0 aliphatic carbocycles. The van der Waals surface area contributed by atoms with Gasteiger partial charge in [0.05, 0.1) is 12.7 Å². The molecule has 17 heavy (non-hydrogen) atoms. The van der Waals surface area contributed by atoms with E-state index < -0.39 is 38.1 Å². The SMILES string of the molecule is CONS(=O)(=O)c1cc(C(=O)O)cc(F)c1F. The minimum atomic E-state index is -4.47. The third kappa shape index (κ3) is 2.75. The molecule has 0 bridgehead atoms. The number of benzene rings is 1. The Bertz CT molecular complexity index is 557. The van der Waals surface area contributed by atoms with Gasteiger partial charge in [0.1, 0.15) is 4.90 Å². The lowest BCUT2D eigenvalue weighted by Crippen LogP contribution is -2.24. The number of carboxylic acid groups (broad SMARTS) is 1. The van der Waals surface area contributed by atoms with Crippen molar-refractivity contribution in [2.75, 3.05) is 7.11 Å². The fourth-order valence-corrected chi connectivity index (χ4v) is 1.96. The van der Waals surface area contributed by atoms with Crippen LogP contribution in [-0.4, -0.2) is 26.6 Å². The molecule has 0 heterocycles. The maximum absolute atomic E-state index is 13.2. The van der Waals surface area contributed by atoms with Gasteiger partial charge in [-0.15, -0.1) is 0 Å². The van der Waals surface area contributed by atoms with Crippen molar-refractivity contribution in [3.63, 3.8) is 0 Å². The van der Waals surface area contributed by atoms with E-state index in [2.05, 4.69) is 4.84 Å². The van der Waals surface area contributed by atoms with Gasteiger partial charge in [0, 0.05) is 0 Å². The highest BCUT2D eigenvalue weighted by Crippen LogP contribution is 2.19. The average molecular weight is 267 g/mol. The highest BCUT2D eigenvalue weighted by Gasteiger charge is 2.24. The zero-order valence-corrected chi connectivity index (χ0v) is 9.22. The summed E-state index contributed by atoms with van der Waals surface area (Å²) in [7, 11) is -3.52. The van der Waals surface area contributed by atoms with Gasteiger partial charge in [0.15, 0.2) is 11.6 Å². The van der Waals surface area contributed by atoms with Gasteiger partial charge < -0.3 is 5.11 Å². The number of aromatic carboxylic acids is 1. The van der Waals surface area contributed by atoms with Crippen LogP contribution in [0.3, 0.4) is 0 Å². The molecule has 0 fully saturated rings. The lowest BCUT2D eigenvalue weighted by atomic mass is 10.2. The molecule has 1 aromatic rings. The highest BCUT2D eigenvalue weighted by atomic mass is 32.2. The molecule has 1 rings (SSSR count). The van der Waals surface area contributed by atoms with Gasteiger partial charge >= 0.3 is 5.97 Å². The van der Waals surface area contributed by atoms with Gasteiger partial charge in [0.25, 0.3) is 10.0 Å². The predicted molar refractivity (Wildman–Crippen MR) is 50.6 cm³/mol. The first kappa shape index (κ1) is 13.5. The van der Waals surface area contributed by atoms with E-state index in [1.807, 2.05) is 0 Å². The lowest BCUT2D eigenvalue weighted by molar-refractivity contribution is 0.0696. The summed E-state index contributed by atoms with van der Waals surface area (Å²) in [6, 6.07) is 0.867. The number of nitrogens with one attached hydrogen (secondary N) is 1. The maximum atomic E-state index is 13.2. The number of hydrogen-bond donors (Lipinski definition) is 2. The molecule has 0 amide bonds. The van der Waals surface area contributed by atoms with Crippen molar-refractivity contribution in [1.29, 1.82) is 0 Å². The van der Waals surface area contributed by atoms with E-state index in [9.17, 15) is 22.0 Å². The Labute approximate surface area is 94.8 Å². The Kier molecular flexibility index (Phi) is 3.76. The second-order valence-corrected chi connectivity index (χ2v) is 4.48. The molecule has 0 aliphatic rings. The molecule has 2 N–H and O–H groups in total. The summed E-state index contributed by atoms with van der Waals surface area (Å²) in [5.41, 5.74) is -0.694. The second kappa shape index (κ2) is 4.73. The first-order chi connectivity index (χ1) is 7.79. The summed E-state index contributed by atoms with van der Waals surface area (Å²) in [6.45, 7) is 0. The van der Waals surface area contributed by atoms with Crippen LogP contribution < -0.4 is 4.89 Å². The number of sulfonamides is 1. The number of rotatable bonds is 4. The van der Waals surface area contributed by atoms with Crippen LogP contribution >= 0.6 is 0 Å². The van der Waals surface area contributed by atoms with Crippen LogP contribution in [0.1, 0.15) is 10.4 Å². The van der Waals surface area contributed by atoms with Crippen LogP contribution in [0.4, 0.5) is 8.78 Å². The number of carboxylic acids is 1. The number of hydrogen-bond acceptors (Lipinski definition) is 4. The maximum Gasteiger partial charge on any atom is 0.335 e. The third-order valence-corrected chi connectivity index (χ3v) is 2.99. The molecular weight excluding hydrogens is 260 g/mol. The molecule has 0 saturated heterocycles. The quantitative estimate of drug-likeness (QED) is 0.775. The van der Waals surface area contributed by atoms with Gasteiger partial charge in [-0.1, -0.05) is 4.89 Å². The van der Waals surface area contributed by atoms with E-state index in [0.717, 1.165) is 7.11 Å². The molecule has 0 atom stereocenters. The first-order valence-electron chi connectivity index (χ1n) is 4.06. The second-order valence-electron chi connectivity index (χ2n) is 2.87. The monoisotopic (exact) mass is 267 g/mol. The van der Waals surface area contributed by atoms with Crippen molar-refractivity contribution in [1.82, 2.24) is 4.89 Å². The van der Waals surface area contributed by atoms with Crippen molar-refractivity contribution < 1.29 is 31.9 Å². The van der Waals surface area contributed by atoms with Crippen LogP contribution in [0.15, 0.2) is 17.0 Å². The van der Waals surface area contributed by atoms with Gasteiger partial charge in [-0.2, -0.15) is 0 Å². The number of halogens is 2. The Morgan fingerprint density at radius 3 is 2.47 bits per heavy atom. The van der Waals surface area contributed by atoms with Crippen LogP contribution in [0, 0.1) is 11.6 Å². The van der Waals surface area contributed by atoms with Gasteiger partial charge in [-0.25, -0.2) is 22.0 Å². The molecule has 6 nitrogen and oxygen atoms in total. The summed E-state index contributed by atoms with van der Waals surface area (Å²) in [6.07, 6.45) is 0. The Morgan fingerprint density at radius 2 is 2.00 bits per heavy atom. The summed E-state index contributed by atoms with van der Waals surface area (Å²) < 4.78 is 48.9. The van der Waals surface area contributed by atoms with Crippen LogP contribution in [0.2, 0.25) is 0 Å². The summed E-state index contributed by atoms with van der Waals surface area (Å²) in [4.78, 5) is 15.0. The molecular formula is C8H7F2NO5S. The topological polar surface area (TPSA) is 92.7 Å². The zero-order valence-electron chi connectivity index (χ0n) is 8.40. The Balaban J connectivity index is 3.48. The van der Waals surface area contributed by atoms with Gasteiger partial charge in [0.2, 0.25) is 0 Å². The molecule has 94 valence electrons. The van der Waals surface area contributed by atoms with Gasteiger partial charge in [-0.3, -0.25) is 4.84 Å². The van der Waals surface area contributed by atoms with Crippen molar-refractivity contribution in [3.05, 3.63) is 29.3 Å². The van der Waals surface area contributed by atoms with Crippen LogP contribution in [0.5, 0.6) is 0 Å². The van der Waals surface area contributed by atoms with E-state index in [1.54, 1.807) is 0 Å². The van der Waals surface area contributed by atoms with E-state index in [0.29, 0.717) is 12.1 Å². The summed E-state index contributed by atoms with van der Waals surface area (Å²) >= 11 is 0. The average Bonchev–Trinajstić information content (AvgIpc) is 2.21. The molecule has 0 aliphatic heterocycles. The highest BCUT2D eigenvalue weighted by molar-refractivity contribution is 7.89. The van der Waals surface area contributed by atoms with Crippen LogP contribution in [0.25, 0.3) is 0 Å². The van der Waals surface area contributed by atoms with E-state index in [1.165, 1.54) is 4.89 Å². The third-order valence-electron chi connectivity index (χ3n) is 1.72. The van der Waals surface area contributed by atoms with Crippen molar-refractivity contribution >= 4 is 16.0 Å². The van der Waals surface area contributed by atoms with E-state index in [-0.39, 0.29) is 0 Å². The number of carbonyl (C=O) groups is 1. The van der Waals surface area contributed by atoms with Crippen LogP contribution in [-0.2, 0) is 14.9 Å². The zero-order chi connectivity index (χ0) is 13.2. The fourth-order valence-electron chi connectivity index (χ4n) is 1.04. The minimum absolute atomic E-state index is 0.378. The van der Waals surface area contributed by atoms with E-state index in [4.69, 9.17) is 5.11 Å². The first-order valence-corrected chi connectivity index (χ1v) is 5.55. The van der Waals surface area contributed by atoms with Crippen molar-refractivity contribution in [2.45, 2.75) is 4.90 Å². The molecule has 0 saturated carbocycles. The molecule has 0 radical (unpaired) electrons. The molecule has 0 unspecified atom stereocenters. The van der Waals surface area contributed by atoms with Crippen molar-refractivity contribution in [2.24, 2.45) is 0 Å². The molecule has 0 aromatic heterocycles. The van der Waals surface area contributed by atoms with Crippen molar-refractivity contribution in [3.8, 4) is 0 Å². The Morgan fingerprint density at radius 1 is 1.41 bits per heavy atom. The molecule has 0 spiro atoms. The minimum Gasteiger partial charge on any atom is -0.478 e. The fraction of sp³-hybridized carbons (Fsp3) is 0.125. The molecule has 9 heteroatoms. The summed E-state index contributed by atoms with van der Waals surface area (Å²) in [5.74, 6) is -4.85. The largest absolute Gasteiger partial charge is 0.478 e. The molecule has 1 aromatic carbocycles. The standard InChI is InChI=1S/C8H7F2NO5S/c1-16-11-17(14,15)6-3-4(8(12)13)2-5(9)7(6)10/h2-3,11H,1H3,(H,12,13). The normalized spacial score (nSPS) is 11.5. The van der Waals surface area contributed by atoms with Gasteiger partial charge in [-0.05, 0) is 12.1 Å². The smallest absolute Gasteiger partial charge is 0.335 e. The van der Waals surface area contributed by atoms with E-state index >= 15 is 0 Å². The predicted octanol–water partition coefficient (Wildman–Crippen LogP) is 0.503.